The number of anilines is 1. The Morgan fingerprint density at radius 2 is 1.70 bits per heavy atom. The van der Waals surface area contributed by atoms with Gasteiger partial charge in [-0.3, -0.25) is 4.79 Å². The van der Waals surface area contributed by atoms with Gasteiger partial charge in [0, 0.05) is 11.1 Å². The highest BCUT2D eigenvalue weighted by Crippen LogP contribution is 2.14. The van der Waals surface area contributed by atoms with E-state index in [0.717, 1.165) is 22.2 Å². The molecule has 0 fully saturated rings. The number of carbonyl (C=O) groups is 1. The van der Waals surface area contributed by atoms with Gasteiger partial charge in [0.15, 0.2) is 0 Å². The summed E-state index contributed by atoms with van der Waals surface area (Å²) >= 11 is 0. The van der Waals surface area contributed by atoms with Crippen molar-refractivity contribution in [3.05, 3.63) is 78.8 Å². The molecule has 20 heavy (non-hydrogen) atoms. The van der Waals surface area contributed by atoms with Crippen LogP contribution in [0.3, 0.4) is 0 Å². The summed E-state index contributed by atoms with van der Waals surface area (Å²) in [7, 11) is 0. The Bertz CT molecular complexity index is 763. The molecule has 0 atom stereocenters. The molecule has 1 aromatic heterocycles. The molecular formula is C17H13N2O. The maximum Gasteiger partial charge on any atom is 0.274 e. The summed E-state index contributed by atoms with van der Waals surface area (Å²) in [4.78, 5) is 16.5. The number of hydrogen-bond acceptors (Lipinski definition) is 2. The predicted octanol–water partition coefficient (Wildman–Crippen LogP) is 3.67. The molecule has 0 bridgehead atoms. The van der Waals surface area contributed by atoms with E-state index < -0.39 is 0 Å². The molecule has 1 radical (unpaired) electrons. The Kier molecular flexibility index (Phi) is 3.17. The number of rotatable bonds is 2. The molecule has 0 saturated heterocycles. The number of nitrogens with zero attached hydrogens (tertiary/aromatic N) is 1. The van der Waals surface area contributed by atoms with Crippen LogP contribution in [0.4, 0.5) is 5.69 Å². The van der Waals surface area contributed by atoms with Gasteiger partial charge in [0.25, 0.3) is 5.91 Å². The Labute approximate surface area is 117 Å². The highest BCUT2D eigenvalue weighted by molar-refractivity contribution is 6.04. The quantitative estimate of drug-likeness (QED) is 0.764. The first-order valence-electron chi connectivity index (χ1n) is 6.31. The average Bonchev–Trinajstić information content (AvgIpc) is 2.49. The lowest BCUT2D eigenvalue weighted by molar-refractivity contribution is 0.102. The molecule has 1 N–H and O–H groups in total. The standard InChI is InChI=1S/C17H13N2O/c1-12-6-9-14(10-7-12)18-17(20)16-11-8-13-4-2-3-5-15(13)19-16/h2-11H,1H2,(H,18,20). The Morgan fingerprint density at radius 3 is 2.50 bits per heavy atom. The number of fused-ring (bicyclic) bond motifs is 1. The number of carbonyl (C=O) groups excluding carboxylic acids is 1. The molecule has 3 heteroatoms. The normalized spacial score (nSPS) is 10.4. The lowest BCUT2D eigenvalue weighted by Crippen LogP contribution is -2.13. The molecule has 0 spiro atoms. The highest BCUT2D eigenvalue weighted by Gasteiger charge is 2.08. The molecule has 1 amide bonds. The lowest BCUT2D eigenvalue weighted by Gasteiger charge is -2.06. The summed E-state index contributed by atoms with van der Waals surface area (Å²) in [6.07, 6.45) is 0. The van der Waals surface area contributed by atoms with E-state index in [0.29, 0.717) is 5.69 Å². The van der Waals surface area contributed by atoms with Gasteiger partial charge in [0.1, 0.15) is 5.69 Å². The fourth-order valence-electron chi connectivity index (χ4n) is 1.98. The minimum absolute atomic E-state index is 0.215. The van der Waals surface area contributed by atoms with Crippen molar-refractivity contribution >= 4 is 22.5 Å². The van der Waals surface area contributed by atoms with Gasteiger partial charge in [-0.15, -0.1) is 0 Å². The number of benzene rings is 2. The number of nitrogens with one attached hydrogen (secondary N) is 1. The van der Waals surface area contributed by atoms with Crippen LogP contribution in [0.2, 0.25) is 0 Å². The molecule has 0 aliphatic heterocycles. The molecule has 0 aliphatic rings. The summed E-state index contributed by atoms with van der Waals surface area (Å²) in [6, 6.07) is 18.7. The van der Waals surface area contributed by atoms with Gasteiger partial charge < -0.3 is 5.32 Å². The zero-order valence-electron chi connectivity index (χ0n) is 10.8. The molecule has 3 nitrogen and oxygen atoms in total. The van der Waals surface area contributed by atoms with Crippen molar-refractivity contribution in [2.45, 2.75) is 0 Å². The number of para-hydroxylation sites is 1. The van der Waals surface area contributed by atoms with E-state index in [-0.39, 0.29) is 5.91 Å². The van der Waals surface area contributed by atoms with Crippen LogP contribution in [0.15, 0.2) is 60.7 Å². The number of hydrogen-bond donors (Lipinski definition) is 1. The van der Waals surface area contributed by atoms with Crippen molar-refractivity contribution in [3.8, 4) is 0 Å². The number of aromatic nitrogens is 1. The zero-order chi connectivity index (χ0) is 13.9. The second-order valence-electron chi connectivity index (χ2n) is 4.54. The van der Waals surface area contributed by atoms with Crippen LogP contribution in [-0.2, 0) is 0 Å². The summed E-state index contributed by atoms with van der Waals surface area (Å²) in [5.74, 6) is -0.215. The third-order valence-electron chi connectivity index (χ3n) is 3.04. The first kappa shape index (κ1) is 12.4. The third kappa shape index (κ3) is 2.52. The molecule has 0 unspecified atom stereocenters. The smallest absolute Gasteiger partial charge is 0.274 e. The molecule has 2 aromatic carbocycles. The molecular weight excluding hydrogens is 248 g/mol. The number of pyridine rings is 1. The van der Waals surface area contributed by atoms with Crippen molar-refractivity contribution in [3.63, 3.8) is 0 Å². The van der Waals surface area contributed by atoms with E-state index in [2.05, 4.69) is 17.2 Å². The molecule has 0 saturated carbocycles. The number of amides is 1. The van der Waals surface area contributed by atoms with E-state index in [1.54, 1.807) is 6.07 Å². The van der Waals surface area contributed by atoms with Gasteiger partial charge in [-0.25, -0.2) is 4.98 Å². The monoisotopic (exact) mass is 261 g/mol. The Morgan fingerprint density at radius 1 is 0.950 bits per heavy atom. The third-order valence-corrected chi connectivity index (χ3v) is 3.04. The van der Waals surface area contributed by atoms with Gasteiger partial charge in [-0.05, 0) is 36.8 Å². The van der Waals surface area contributed by atoms with Crippen LogP contribution < -0.4 is 5.32 Å². The van der Waals surface area contributed by atoms with E-state index in [9.17, 15) is 4.79 Å². The largest absolute Gasteiger partial charge is 0.321 e. The van der Waals surface area contributed by atoms with Crippen LogP contribution in [0, 0.1) is 6.92 Å². The van der Waals surface area contributed by atoms with Crippen molar-refractivity contribution in [1.29, 1.82) is 0 Å². The van der Waals surface area contributed by atoms with Crippen molar-refractivity contribution in [1.82, 2.24) is 4.98 Å². The van der Waals surface area contributed by atoms with Crippen molar-refractivity contribution in [2.75, 3.05) is 5.32 Å². The fraction of sp³-hybridized carbons (Fsp3) is 0. The summed E-state index contributed by atoms with van der Waals surface area (Å²) in [6.45, 7) is 3.81. The summed E-state index contributed by atoms with van der Waals surface area (Å²) < 4.78 is 0. The molecule has 3 aromatic rings. The Hall–Kier alpha value is -2.68. The highest BCUT2D eigenvalue weighted by atomic mass is 16.1. The maximum absolute atomic E-state index is 12.2. The zero-order valence-corrected chi connectivity index (χ0v) is 10.8. The molecule has 1 heterocycles. The second kappa shape index (κ2) is 5.13. The van der Waals surface area contributed by atoms with E-state index >= 15 is 0 Å². The van der Waals surface area contributed by atoms with Crippen molar-refractivity contribution in [2.24, 2.45) is 0 Å². The maximum atomic E-state index is 12.2. The topological polar surface area (TPSA) is 42.0 Å². The Balaban J connectivity index is 1.86. The van der Waals surface area contributed by atoms with Gasteiger partial charge in [0.05, 0.1) is 5.52 Å². The lowest BCUT2D eigenvalue weighted by atomic mass is 10.2. The fourth-order valence-corrected chi connectivity index (χ4v) is 1.98. The van der Waals surface area contributed by atoms with Gasteiger partial charge in [0.2, 0.25) is 0 Å². The van der Waals surface area contributed by atoms with Gasteiger partial charge in [-0.1, -0.05) is 36.4 Å². The molecule has 0 aliphatic carbocycles. The van der Waals surface area contributed by atoms with E-state index in [4.69, 9.17) is 0 Å². The SMILES string of the molecule is [CH2]c1ccc(NC(=O)c2ccc3ccccc3n2)cc1. The van der Waals surface area contributed by atoms with Crippen LogP contribution in [0.5, 0.6) is 0 Å². The van der Waals surface area contributed by atoms with Crippen molar-refractivity contribution < 1.29 is 4.79 Å². The average molecular weight is 261 g/mol. The van der Waals surface area contributed by atoms with Crippen LogP contribution >= 0.6 is 0 Å². The predicted molar refractivity (Wildman–Crippen MR) is 80.6 cm³/mol. The minimum Gasteiger partial charge on any atom is -0.321 e. The minimum atomic E-state index is -0.215. The van der Waals surface area contributed by atoms with Crippen LogP contribution in [0.1, 0.15) is 16.1 Å². The van der Waals surface area contributed by atoms with Crippen LogP contribution in [0.25, 0.3) is 10.9 Å². The van der Waals surface area contributed by atoms with Gasteiger partial charge in [-0.2, -0.15) is 0 Å². The summed E-state index contributed by atoms with van der Waals surface area (Å²) in [5, 5.41) is 3.84. The van der Waals surface area contributed by atoms with E-state index in [1.807, 2.05) is 54.6 Å². The first-order chi connectivity index (χ1) is 9.72. The van der Waals surface area contributed by atoms with Crippen LogP contribution in [-0.4, -0.2) is 10.9 Å². The second-order valence-corrected chi connectivity index (χ2v) is 4.54. The van der Waals surface area contributed by atoms with Gasteiger partial charge >= 0.3 is 0 Å². The first-order valence-corrected chi connectivity index (χ1v) is 6.31. The molecule has 3 rings (SSSR count). The summed E-state index contributed by atoms with van der Waals surface area (Å²) in [5.41, 5.74) is 2.86. The molecule has 97 valence electrons. The van der Waals surface area contributed by atoms with E-state index in [1.165, 1.54) is 0 Å².